The fourth-order valence-corrected chi connectivity index (χ4v) is 2.51. The fourth-order valence-electron chi connectivity index (χ4n) is 2.51. The van der Waals surface area contributed by atoms with Crippen LogP contribution in [0.1, 0.15) is 0 Å². The van der Waals surface area contributed by atoms with Gasteiger partial charge in [0.05, 0.1) is 0 Å². The predicted octanol–water partition coefficient (Wildman–Crippen LogP) is 5.16. The highest BCUT2D eigenvalue weighted by Crippen LogP contribution is 2.27. The van der Waals surface area contributed by atoms with Gasteiger partial charge in [-0.1, -0.05) is 42.5 Å². The van der Waals surface area contributed by atoms with Crippen LogP contribution in [0.3, 0.4) is 0 Å². The van der Waals surface area contributed by atoms with Gasteiger partial charge in [0, 0.05) is 31.2 Å². The first-order valence-corrected chi connectivity index (χ1v) is 7.45. The third-order valence-corrected chi connectivity index (χ3v) is 3.91. The quantitative estimate of drug-likeness (QED) is 0.713. The lowest BCUT2D eigenvalue weighted by Gasteiger charge is -2.19. The van der Waals surface area contributed by atoms with Crippen LogP contribution in [0.2, 0.25) is 0 Å². The average molecular weight is 288 g/mol. The summed E-state index contributed by atoms with van der Waals surface area (Å²) in [5.74, 6) is 0. The smallest absolute Gasteiger partial charge is 0.0408 e. The number of nitrogens with zero attached hydrogens (tertiary/aromatic N) is 1. The fraction of sp³-hybridized carbons (Fsp3) is 0.100. The molecule has 0 spiro atoms. The Balaban J connectivity index is 1.83. The molecule has 2 heteroatoms. The van der Waals surface area contributed by atoms with E-state index in [0.29, 0.717) is 0 Å². The summed E-state index contributed by atoms with van der Waals surface area (Å²) in [6, 6.07) is 27.5. The summed E-state index contributed by atoms with van der Waals surface area (Å²) >= 11 is 0. The number of hydrogen-bond donors (Lipinski definition) is 1. The molecule has 0 amide bonds. The van der Waals surface area contributed by atoms with Gasteiger partial charge in [-0.05, 0) is 47.5 Å². The normalized spacial score (nSPS) is 10.3. The van der Waals surface area contributed by atoms with Gasteiger partial charge in [-0.2, -0.15) is 0 Å². The maximum Gasteiger partial charge on any atom is 0.0408 e. The predicted molar refractivity (Wildman–Crippen MR) is 95.9 cm³/mol. The van der Waals surface area contributed by atoms with Gasteiger partial charge < -0.3 is 10.2 Å². The van der Waals surface area contributed by atoms with Gasteiger partial charge in [0.1, 0.15) is 0 Å². The van der Waals surface area contributed by atoms with E-state index >= 15 is 0 Å². The summed E-state index contributed by atoms with van der Waals surface area (Å²) in [6.07, 6.45) is 0. The third kappa shape index (κ3) is 2.96. The Labute approximate surface area is 132 Å². The molecular weight excluding hydrogens is 268 g/mol. The summed E-state index contributed by atoms with van der Waals surface area (Å²) < 4.78 is 0. The molecule has 110 valence electrons. The van der Waals surface area contributed by atoms with Crippen LogP contribution >= 0.6 is 0 Å². The maximum atomic E-state index is 3.14. The van der Waals surface area contributed by atoms with Crippen molar-refractivity contribution in [2.24, 2.45) is 0 Å². The molecule has 0 aliphatic rings. The highest BCUT2D eigenvalue weighted by atomic mass is 15.1. The van der Waals surface area contributed by atoms with Crippen molar-refractivity contribution in [2.45, 2.75) is 0 Å². The molecule has 0 atom stereocenters. The van der Waals surface area contributed by atoms with Crippen LogP contribution in [-0.4, -0.2) is 14.1 Å². The maximum absolute atomic E-state index is 3.14. The van der Waals surface area contributed by atoms with Crippen molar-refractivity contribution in [3.8, 4) is 11.1 Å². The number of rotatable bonds is 4. The van der Waals surface area contributed by atoms with E-state index in [1.165, 1.54) is 22.5 Å². The molecular formula is C20H20N2. The van der Waals surface area contributed by atoms with E-state index in [1.54, 1.807) is 0 Å². The zero-order valence-electron chi connectivity index (χ0n) is 13.0. The van der Waals surface area contributed by atoms with Crippen molar-refractivity contribution in [3.63, 3.8) is 0 Å². The molecule has 0 aliphatic heterocycles. The van der Waals surface area contributed by atoms with Crippen LogP contribution in [0, 0.1) is 0 Å². The highest BCUT2D eigenvalue weighted by Gasteiger charge is 2.04. The Morgan fingerprint density at radius 3 is 1.68 bits per heavy atom. The molecule has 0 heterocycles. The molecule has 3 rings (SSSR count). The number of nitrogens with one attached hydrogen (secondary N) is 1. The Morgan fingerprint density at radius 2 is 1.14 bits per heavy atom. The van der Waals surface area contributed by atoms with E-state index in [0.717, 1.165) is 5.69 Å². The van der Waals surface area contributed by atoms with Crippen LogP contribution in [-0.2, 0) is 0 Å². The van der Waals surface area contributed by atoms with Crippen molar-refractivity contribution in [3.05, 3.63) is 78.9 Å². The minimum absolute atomic E-state index is 1.13. The molecule has 3 aromatic rings. The SMILES string of the molecule is CNc1ccc(-c2ccc(N(C)c3ccccc3)cc2)cc1. The van der Waals surface area contributed by atoms with E-state index in [9.17, 15) is 0 Å². The van der Waals surface area contributed by atoms with Crippen molar-refractivity contribution < 1.29 is 0 Å². The van der Waals surface area contributed by atoms with E-state index in [-0.39, 0.29) is 0 Å². The number of anilines is 3. The molecule has 0 aliphatic carbocycles. The molecule has 0 saturated carbocycles. The van der Waals surface area contributed by atoms with Gasteiger partial charge in [-0.25, -0.2) is 0 Å². The van der Waals surface area contributed by atoms with Gasteiger partial charge in [0.25, 0.3) is 0 Å². The molecule has 0 aromatic heterocycles. The molecule has 3 aromatic carbocycles. The molecule has 0 fully saturated rings. The topological polar surface area (TPSA) is 15.3 Å². The average Bonchev–Trinajstić information content (AvgIpc) is 2.62. The first-order valence-electron chi connectivity index (χ1n) is 7.45. The van der Waals surface area contributed by atoms with Crippen molar-refractivity contribution in [1.82, 2.24) is 0 Å². The summed E-state index contributed by atoms with van der Waals surface area (Å²) in [5, 5.41) is 3.14. The molecule has 0 radical (unpaired) electrons. The van der Waals surface area contributed by atoms with Crippen LogP contribution in [0.15, 0.2) is 78.9 Å². The Bertz CT molecular complexity index is 716. The minimum Gasteiger partial charge on any atom is -0.388 e. The Morgan fingerprint density at radius 1 is 0.636 bits per heavy atom. The Kier molecular flexibility index (Phi) is 4.10. The lowest BCUT2D eigenvalue weighted by atomic mass is 10.0. The van der Waals surface area contributed by atoms with E-state index in [4.69, 9.17) is 0 Å². The van der Waals surface area contributed by atoms with Gasteiger partial charge in [0.15, 0.2) is 0 Å². The van der Waals surface area contributed by atoms with Gasteiger partial charge in [-0.15, -0.1) is 0 Å². The first kappa shape index (κ1) is 14.2. The van der Waals surface area contributed by atoms with Gasteiger partial charge in [-0.3, -0.25) is 0 Å². The van der Waals surface area contributed by atoms with E-state index in [1.807, 2.05) is 13.1 Å². The zero-order valence-corrected chi connectivity index (χ0v) is 13.0. The standard InChI is InChI=1S/C20H20N2/c1-21-18-12-8-16(9-13-18)17-10-14-20(15-11-17)22(2)19-6-4-3-5-7-19/h3-15,21H,1-2H3. The summed E-state index contributed by atoms with van der Waals surface area (Å²) in [5.41, 5.74) is 5.96. The van der Waals surface area contributed by atoms with Crippen LogP contribution in [0.5, 0.6) is 0 Å². The molecule has 0 saturated heterocycles. The zero-order chi connectivity index (χ0) is 15.4. The van der Waals surface area contributed by atoms with Gasteiger partial charge in [0.2, 0.25) is 0 Å². The second-order valence-corrected chi connectivity index (χ2v) is 5.27. The highest BCUT2D eigenvalue weighted by molar-refractivity contribution is 5.70. The third-order valence-electron chi connectivity index (χ3n) is 3.91. The number of hydrogen-bond acceptors (Lipinski definition) is 2. The summed E-state index contributed by atoms with van der Waals surface area (Å²) in [6.45, 7) is 0. The van der Waals surface area contributed by atoms with Crippen LogP contribution in [0.25, 0.3) is 11.1 Å². The monoisotopic (exact) mass is 288 g/mol. The van der Waals surface area contributed by atoms with Crippen LogP contribution < -0.4 is 10.2 Å². The first-order chi connectivity index (χ1) is 10.8. The lowest BCUT2D eigenvalue weighted by molar-refractivity contribution is 1.21. The van der Waals surface area contributed by atoms with Crippen molar-refractivity contribution >= 4 is 17.1 Å². The summed E-state index contributed by atoms with van der Waals surface area (Å²) in [4.78, 5) is 2.19. The molecule has 22 heavy (non-hydrogen) atoms. The summed E-state index contributed by atoms with van der Waals surface area (Å²) in [7, 11) is 4.02. The van der Waals surface area contributed by atoms with Crippen molar-refractivity contribution in [2.75, 3.05) is 24.3 Å². The largest absolute Gasteiger partial charge is 0.388 e. The van der Waals surface area contributed by atoms with Gasteiger partial charge >= 0.3 is 0 Å². The molecule has 1 N–H and O–H groups in total. The second-order valence-electron chi connectivity index (χ2n) is 5.27. The molecule has 0 bridgehead atoms. The number of para-hydroxylation sites is 1. The lowest BCUT2D eigenvalue weighted by Crippen LogP contribution is -2.08. The van der Waals surface area contributed by atoms with E-state index < -0.39 is 0 Å². The minimum atomic E-state index is 1.13. The molecule has 0 unspecified atom stereocenters. The second kappa shape index (κ2) is 6.35. The number of benzene rings is 3. The van der Waals surface area contributed by atoms with Crippen LogP contribution in [0.4, 0.5) is 17.1 Å². The molecule has 2 nitrogen and oxygen atoms in total. The van der Waals surface area contributed by atoms with E-state index in [2.05, 4.69) is 90.1 Å². The van der Waals surface area contributed by atoms with Crippen molar-refractivity contribution in [1.29, 1.82) is 0 Å². The Hall–Kier alpha value is -2.74.